The Morgan fingerprint density at radius 3 is 2.60 bits per heavy atom. The first kappa shape index (κ1) is 15.8. The Morgan fingerprint density at radius 1 is 1.12 bits per heavy atom. The van der Waals surface area contributed by atoms with E-state index >= 15 is 0 Å². The fraction of sp³-hybridized carbons (Fsp3) is 0.350. The quantitative estimate of drug-likeness (QED) is 0.738. The molecule has 1 fully saturated rings. The van der Waals surface area contributed by atoms with Crippen LogP contribution in [0.3, 0.4) is 0 Å². The number of imidazole rings is 1. The minimum absolute atomic E-state index is 0.177. The van der Waals surface area contributed by atoms with Crippen LogP contribution in [0.5, 0.6) is 0 Å². The number of carbonyl (C=O) groups excluding carboxylic acids is 1. The average Bonchev–Trinajstić information content (AvgIpc) is 3.12. The highest BCUT2D eigenvalue weighted by atomic mass is 16.2. The van der Waals surface area contributed by atoms with Crippen LogP contribution >= 0.6 is 0 Å². The van der Waals surface area contributed by atoms with Crippen molar-refractivity contribution in [3.8, 4) is 0 Å². The Bertz CT molecular complexity index is 866. The lowest BCUT2D eigenvalue weighted by atomic mass is 9.90. The van der Waals surface area contributed by atoms with Gasteiger partial charge >= 0.3 is 0 Å². The van der Waals surface area contributed by atoms with Gasteiger partial charge in [-0.25, -0.2) is 4.98 Å². The lowest BCUT2D eigenvalue weighted by Crippen LogP contribution is -2.41. The van der Waals surface area contributed by atoms with Gasteiger partial charge in [0.1, 0.15) is 6.04 Å². The summed E-state index contributed by atoms with van der Waals surface area (Å²) in [5.74, 6) is 0.702. The standard InChI is InChI=1S/C20H22N4O/c1-15(24-14-22-18-4-2-3-5-19(18)24)20(25)23-12-8-17(9-13-23)16-6-10-21-11-7-16/h2-7,10-11,14-15,17H,8-9,12-13H2,1H3. The molecular weight excluding hydrogens is 312 g/mol. The summed E-state index contributed by atoms with van der Waals surface area (Å²) in [4.78, 5) is 23.4. The molecule has 2 aromatic heterocycles. The molecule has 1 atom stereocenters. The first-order valence-corrected chi connectivity index (χ1v) is 8.84. The van der Waals surface area contributed by atoms with Crippen LogP contribution in [0.1, 0.15) is 37.3 Å². The zero-order chi connectivity index (χ0) is 17.2. The van der Waals surface area contributed by atoms with Crippen LogP contribution in [0, 0.1) is 0 Å². The van der Waals surface area contributed by atoms with Gasteiger partial charge < -0.3 is 9.47 Å². The van der Waals surface area contributed by atoms with Crippen LogP contribution in [-0.4, -0.2) is 38.4 Å². The SMILES string of the molecule is CC(C(=O)N1CCC(c2ccncc2)CC1)n1cnc2ccccc21. The van der Waals surface area contributed by atoms with E-state index in [1.165, 1.54) is 5.56 Å². The van der Waals surface area contributed by atoms with E-state index in [2.05, 4.69) is 22.1 Å². The van der Waals surface area contributed by atoms with Crippen molar-refractivity contribution in [2.75, 3.05) is 13.1 Å². The summed E-state index contributed by atoms with van der Waals surface area (Å²) >= 11 is 0. The third kappa shape index (κ3) is 3.02. The largest absolute Gasteiger partial charge is 0.341 e. The number of carbonyl (C=O) groups is 1. The Labute approximate surface area is 147 Å². The predicted molar refractivity (Wildman–Crippen MR) is 97.2 cm³/mol. The average molecular weight is 334 g/mol. The molecule has 0 radical (unpaired) electrons. The van der Waals surface area contributed by atoms with Crippen molar-refractivity contribution in [3.05, 3.63) is 60.7 Å². The Balaban J connectivity index is 1.45. The van der Waals surface area contributed by atoms with Gasteiger partial charge in [0.25, 0.3) is 0 Å². The lowest BCUT2D eigenvalue weighted by molar-refractivity contribution is -0.135. The van der Waals surface area contributed by atoms with E-state index in [0.717, 1.165) is 37.0 Å². The normalized spacial score (nSPS) is 16.9. The van der Waals surface area contributed by atoms with Gasteiger partial charge in [-0.3, -0.25) is 9.78 Å². The first-order valence-electron chi connectivity index (χ1n) is 8.84. The number of para-hydroxylation sites is 2. The molecule has 5 heteroatoms. The molecule has 1 aromatic carbocycles. The summed E-state index contributed by atoms with van der Waals surface area (Å²) in [5, 5.41) is 0. The first-order chi connectivity index (χ1) is 12.2. The number of hydrogen-bond acceptors (Lipinski definition) is 3. The number of likely N-dealkylation sites (tertiary alicyclic amines) is 1. The molecule has 1 amide bonds. The zero-order valence-electron chi connectivity index (χ0n) is 14.4. The predicted octanol–water partition coefficient (Wildman–Crippen LogP) is 3.40. The number of amides is 1. The Hall–Kier alpha value is -2.69. The third-order valence-corrected chi connectivity index (χ3v) is 5.24. The summed E-state index contributed by atoms with van der Waals surface area (Å²) in [6.07, 6.45) is 7.48. The molecule has 0 aliphatic carbocycles. The monoisotopic (exact) mass is 334 g/mol. The van der Waals surface area contributed by atoms with E-state index in [1.54, 1.807) is 6.33 Å². The van der Waals surface area contributed by atoms with Gasteiger partial charge in [0.05, 0.1) is 17.4 Å². The molecule has 5 nitrogen and oxygen atoms in total. The molecule has 0 bridgehead atoms. The molecule has 25 heavy (non-hydrogen) atoms. The fourth-order valence-electron chi connectivity index (χ4n) is 3.74. The summed E-state index contributed by atoms with van der Waals surface area (Å²) in [6.45, 7) is 3.58. The molecule has 4 rings (SSSR count). The Morgan fingerprint density at radius 2 is 1.84 bits per heavy atom. The second-order valence-corrected chi connectivity index (χ2v) is 6.70. The van der Waals surface area contributed by atoms with Crippen LogP contribution in [0.4, 0.5) is 0 Å². The van der Waals surface area contributed by atoms with Gasteiger partial charge in [0.2, 0.25) is 5.91 Å². The van der Waals surface area contributed by atoms with Crippen molar-refractivity contribution < 1.29 is 4.79 Å². The molecule has 3 heterocycles. The van der Waals surface area contributed by atoms with Crippen LogP contribution in [0.25, 0.3) is 11.0 Å². The number of rotatable bonds is 3. The van der Waals surface area contributed by atoms with Crippen molar-refractivity contribution in [2.45, 2.75) is 31.7 Å². The highest BCUT2D eigenvalue weighted by molar-refractivity contribution is 5.83. The van der Waals surface area contributed by atoms with Crippen LogP contribution in [-0.2, 0) is 4.79 Å². The molecule has 0 saturated carbocycles. The number of nitrogens with zero attached hydrogens (tertiary/aromatic N) is 4. The van der Waals surface area contributed by atoms with Crippen molar-refractivity contribution in [3.63, 3.8) is 0 Å². The highest BCUT2D eigenvalue weighted by Gasteiger charge is 2.28. The third-order valence-electron chi connectivity index (χ3n) is 5.24. The van der Waals surface area contributed by atoms with Gasteiger partial charge in [0, 0.05) is 25.5 Å². The smallest absolute Gasteiger partial charge is 0.245 e. The molecular formula is C20H22N4O. The van der Waals surface area contributed by atoms with Crippen LogP contribution in [0.2, 0.25) is 0 Å². The van der Waals surface area contributed by atoms with Crippen molar-refractivity contribution in [1.29, 1.82) is 0 Å². The summed E-state index contributed by atoms with van der Waals surface area (Å²) in [7, 11) is 0. The minimum atomic E-state index is -0.232. The van der Waals surface area contributed by atoms with E-state index in [1.807, 2.05) is 53.0 Å². The number of benzene rings is 1. The number of aromatic nitrogens is 3. The van der Waals surface area contributed by atoms with Gasteiger partial charge in [-0.15, -0.1) is 0 Å². The second-order valence-electron chi connectivity index (χ2n) is 6.70. The summed E-state index contributed by atoms with van der Waals surface area (Å²) < 4.78 is 1.98. The summed E-state index contributed by atoms with van der Waals surface area (Å²) in [5.41, 5.74) is 3.27. The van der Waals surface area contributed by atoms with Crippen molar-refractivity contribution in [1.82, 2.24) is 19.4 Å². The Kier molecular flexibility index (Phi) is 4.22. The number of fused-ring (bicyclic) bond motifs is 1. The van der Waals surface area contributed by atoms with Crippen LogP contribution in [0.15, 0.2) is 55.1 Å². The molecule has 3 aromatic rings. The zero-order valence-corrected chi connectivity index (χ0v) is 14.4. The number of pyridine rings is 1. The number of hydrogen-bond donors (Lipinski definition) is 0. The second kappa shape index (κ2) is 6.67. The summed E-state index contributed by atoms with van der Waals surface area (Å²) in [6, 6.07) is 11.9. The molecule has 1 saturated heterocycles. The van der Waals surface area contributed by atoms with Crippen molar-refractivity contribution >= 4 is 16.9 Å². The molecule has 128 valence electrons. The highest BCUT2D eigenvalue weighted by Crippen LogP contribution is 2.29. The van der Waals surface area contributed by atoms with Crippen molar-refractivity contribution in [2.24, 2.45) is 0 Å². The number of piperidine rings is 1. The van der Waals surface area contributed by atoms with E-state index in [9.17, 15) is 4.79 Å². The molecule has 1 aliphatic heterocycles. The maximum atomic E-state index is 13.0. The fourth-order valence-corrected chi connectivity index (χ4v) is 3.74. The van der Waals surface area contributed by atoms with Gasteiger partial charge in [-0.05, 0) is 55.5 Å². The lowest BCUT2D eigenvalue weighted by Gasteiger charge is -2.34. The topological polar surface area (TPSA) is 51.0 Å². The maximum absolute atomic E-state index is 13.0. The van der Waals surface area contributed by atoms with E-state index in [0.29, 0.717) is 5.92 Å². The molecule has 1 aliphatic rings. The van der Waals surface area contributed by atoms with E-state index in [-0.39, 0.29) is 11.9 Å². The van der Waals surface area contributed by atoms with Gasteiger partial charge in [0.15, 0.2) is 0 Å². The van der Waals surface area contributed by atoms with E-state index < -0.39 is 0 Å². The van der Waals surface area contributed by atoms with E-state index in [4.69, 9.17) is 0 Å². The molecule has 0 N–H and O–H groups in total. The minimum Gasteiger partial charge on any atom is -0.341 e. The van der Waals surface area contributed by atoms with Gasteiger partial charge in [-0.2, -0.15) is 0 Å². The molecule has 1 unspecified atom stereocenters. The van der Waals surface area contributed by atoms with Crippen LogP contribution < -0.4 is 0 Å². The van der Waals surface area contributed by atoms with Gasteiger partial charge in [-0.1, -0.05) is 12.1 Å². The molecule has 0 spiro atoms. The maximum Gasteiger partial charge on any atom is 0.245 e.